The predicted octanol–water partition coefficient (Wildman–Crippen LogP) is 5.11. The third kappa shape index (κ3) is 3.12. The Balaban J connectivity index is 0.00000133. The van der Waals surface area contributed by atoms with E-state index in [0.717, 1.165) is 0 Å². The number of rotatable bonds is 1. The van der Waals surface area contributed by atoms with E-state index in [0.29, 0.717) is 11.3 Å². The van der Waals surface area contributed by atoms with E-state index >= 15 is 0 Å². The van der Waals surface area contributed by atoms with Gasteiger partial charge in [0.1, 0.15) is 0 Å². The van der Waals surface area contributed by atoms with Gasteiger partial charge in [-0.3, -0.25) is 0 Å². The van der Waals surface area contributed by atoms with Crippen LogP contribution in [0, 0.1) is 5.41 Å². The zero-order valence-corrected chi connectivity index (χ0v) is 16.0. The molecule has 100 valence electrons. The van der Waals surface area contributed by atoms with Crippen molar-refractivity contribution in [3.8, 4) is 0 Å². The van der Waals surface area contributed by atoms with E-state index in [9.17, 15) is 0 Å². The first-order valence-corrected chi connectivity index (χ1v) is 7.37. The molecule has 1 unspecified atom stereocenters. The Hall–Kier alpha value is -0.170. The van der Waals surface area contributed by atoms with Crippen molar-refractivity contribution in [2.75, 3.05) is 0 Å². The fourth-order valence-corrected chi connectivity index (χ4v) is 3.60. The maximum atomic E-state index is 2.44. The van der Waals surface area contributed by atoms with E-state index in [-0.39, 0.29) is 25.8 Å². The van der Waals surface area contributed by atoms with Crippen molar-refractivity contribution in [3.05, 3.63) is 40.5 Å². The summed E-state index contributed by atoms with van der Waals surface area (Å²) >= 11 is 0. The molecule has 0 nitrogen and oxygen atoms in total. The minimum Gasteiger partial charge on any atom is -0.0764 e. The van der Waals surface area contributed by atoms with Gasteiger partial charge >= 0.3 is 0 Å². The van der Waals surface area contributed by atoms with Crippen LogP contribution in [0.25, 0.3) is 6.08 Å². The maximum absolute atomic E-state index is 2.44. The van der Waals surface area contributed by atoms with Crippen molar-refractivity contribution in [2.45, 2.75) is 58.8 Å². The minimum atomic E-state index is 0. The summed E-state index contributed by atoms with van der Waals surface area (Å²) in [6.07, 6.45) is 11.4. The van der Waals surface area contributed by atoms with Crippen LogP contribution in [0.5, 0.6) is 0 Å². The van der Waals surface area contributed by atoms with Gasteiger partial charge < -0.3 is 0 Å². The zero-order chi connectivity index (χ0) is 12.8. The molecule has 1 atom stereocenters. The van der Waals surface area contributed by atoms with Crippen LogP contribution in [0.2, 0.25) is 0 Å². The van der Waals surface area contributed by atoms with Crippen LogP contribution in [0.3, 0.4) is 0 Å². The molecule has 1 heteroatoms. The fourth-order valence-electron chi connectivity index (χ4n) is 3.60. The number of fused-ring (bicyclic) bond motifs is 3. The molecule has 0 spiro atoms. The molecule has 0 N–H and O–H groups in total. The number of allylic oxidation sites excluding steroid dienone is 1. The Bertz CT molecular complexity index is 491. The number of hydrogen-bond donors (Lipinski definition) is 0. The first-order chi connectivity index (χ1) is 8.54. The number of benzene rings is 1. The molecule has 0 aromatic heterocycles. The van der Waals surface area contributed by atoms with Crippen molar-refractivity contribution >= 4 is 6.08 Å². The molecule has 2 aliphatic rings. The topological polar surface area (TPSA) is 0 Å². The van der Waals surface area contributed by atoms with Gasteiger partial charge in [-0.2, -0.15) is 0 Å². The molecular formula is C18H24Hf. The summed E-state index contributed by atoms with van der Waals surface area (Å²) < 4.78 is 0. The molecular weight excluding hydrogens is 395 g/mol. The van der Waals surface area contributed by atoms with Gasteiger partial charge in [-0.05, 0) is 59.8 Å². The van der Waals surface area contributed by atoms with Crippen LogP contribution in [-0.2, 0) is 38.7 Å². The van der Waals surface area contributed by atoms with Gasteiger partial charge in [0, 0.05) is 31.8 Å². The monoisotopic (exact) mass is 420 g/mol. The molecule has 0 bridgehead atoms. The molecule has 3 rings (SSSR count). The summed E-state index contributed by atoms with van der Waals surface area (Å²) in [5, 5.41) is 0. The third-order valence-electron chi connectivity index (χ3n) is 4.32. The van der Waals surface area contributed by atoms with Gasteiger partial charge in [0.2, 0.25) is 0 Å². The van der Waals surface area contributed by atoms with Gasteiger partial charge in [0.15, 0.2) is 0 Å². The summed E-state index contributed by atoms with van der Waals surface area (Å²) in [7, 11) is 0. The van der Waals surface area contributed by atoms with Gasteiger partial charge in [-0.1, -0.05) is 45.1 Å². The summed E-state index contributed by atoms with van der Waals surface area (Å²) in [6, 6.07) is 4.72. The largest absolute Gasteiger partial charge is 0.0764 e. The summed E-state index contributed by atoms with van der Waals surface area (Å²) in [4.78, 5) is 0. The minimum absolute atomic E-state index is 0. The molecule has 0 heterocycles. The van der Waals surface area contributed by atoms with Crippen molar-refractivity contribution in [2.24, 2.45) is 5.41 Å². The standard InChI is InChI=1S/C18H24.Hf/c1-18(2,3)12-15-11-10-14-9-8-13-6-4-5-7-16(13)17(14)15;/h8-11,15H,4-7,12H2,1-3H3;. The number of hydrogen-bond acceptors (Lipinski definition) is 0. The summed E-state index contributed by atoms with van der Waals surface area (Å²) in [5.74, 6) is 0.660. The molecule has 2 aliphatic carbocycles. The van der Waals surface area contributed by atoms with Crippen LogP contribution >= 0.6 is 0 Å². The first-order valence-electron chi connectivity index (χ1n) is 7.37. The normalized spacial score (nSPS) is 20.7. The van der Waals surface area contributed by atoms with Crippen LogP contribution in [0.1, 0.15) is 68.2 Å². The maximum Gasteiger partial charge on any atom is 0.00350 e. The van der Waals surface area contributed by atoms with Crippen molar-refractivity contribution in [3.63, 3.8) is 0 Å². The second kappa shape index (κ2) is 5.68. The Kier molecular flexibility index (Phi) is 4.55. The van der Waals surface area contributed by atoms with Crippen molar-refractivity contribution in [1.82, 2.24) is 0 Å². The summed E-state index contributed by atoms with van der Waals surface area (Å²) in [6.45, 7) is 7.07. The number of aryl methyl sites for hydroxylation is 1. The van der Waals surface area contributed by atoms with Crippen molar-refractivity contribution in [1.29, 1.82) is 0 Å². The quantitative estimate of drug-likeness (QED) is 0.556. The fraction of sp³-hybridized carbons (Fsp3) is 0.556. The first kappa shape index (κ1) is 15.2. The van der Waals surface area contributed by atoms with Gasteiger partial charge in [-0.25, -0.2) is 0 Å². The SMILES string of the molecule is CC(C)(C)CC1C=Cc2ccc3c(c21)CCCC3.[Hf]. The van der Waals surface area contributed by atoms with Crippen molar-refractivity contribution < 1.29 is 25.8 Å². The smallest absolute Gasteiger partial charge is 0.00350 e. The van der Waals surface area contributed by atoms with E-state index in [2.05, 4.69) is 45.1 Å². The predicted molar refractivity (Wildman–Crippen MR) is 78.9 cm³/mol. The molecule has 19 heavy (non-hydrogen) atoms. The van der Waals surface area contributed by atoms with Gasteiger partial charge in [0.25, 0.3) is 0 Å². The molecule has 0 saturated carbocycles. The molecule has 0 saturated heterocycles. The average Bonchev–Trinajstić information content (AvgIpc) is 2.70. The van der Waals surface area contributed by atoms with Crippen LogP contribution in [0.15, 0.2) is 18.2 Å². The average molecular weight is 419 g/mol. The third-order valence-corrected chi connectivity index (χ3v) is 4.32. The van der Waals surface area contributed by atoms with E-state index in [1.54, 1.807) is 16.7 Å². The Morgan fingerprint density at radius 1 is 1.11 bits per heavy atom. The Morgan fingerprint density at radius 3 is 2.58 bits per heavy atom. The van der Waals surface area contributed by atoms with Gasteiger partial charge in [-0.15, -0.1) is 0 Å². The van der Waals surface area contributed by atoms with Crippen LogP contribution < -0.4 is 0 Å². The second-order valence-corrected chi connectivity index (χ2v) is 7.14. The van der Waals surface area contributed by atoms with E-state index in [1.807, 2.05) is 0 Å². The molecule has 1 aromatic rings. The summed E-state index contributed by atoms with van der Waals surface area (Å²) in [5.41, 5.74) is 6.89. The van der Waals surface area contributed by atoms with E-state index < -0.39 is 0 Å². The second-order valence-electron chi connectivity index (χ2n) is 7.14. The molecule has 0 radical (unpaired) electrons. The molecule has 0 aliphatic heterocycles. The van der Waals surface area contributed by atoms with E-state index in [1.165, 1.54) is 37.7 Å². The molecule has 1 aromatic carbocycles. The van der Waals surface area contributed by atoms with Crippen LogP contribution in [0.4, 0.5) is 0 Å². The molecule has 0 amide bonds. The Labute approximate surface area is 136 Å². The van der Waals surface area contributed by atoms with E-state index in [4.69, 9.17) is 0 Å². The Morgan fingerprint density at radius 2 is 1.84 bits per heavy atom. The zero-order valence-electron chi connectivity index (χ0n) is 12.4. The van der Waals surface area contributed by atoms with Crippen LogP contribution in [-0.4, -0.2) is 0 Å². The van der Waals surface area contributed by atoms with Gasteiger partial charge in [0.05, 0.1) is 0 Å². The molecule has 0 fully saturated rings.